The van der Waals surface area contributed by atoms with Crippen LogP contribution in [-0.2, 0) is 11.3 Å². The van der Waals surface area contributed by atoms with Crippen molar-refractivity contribution < 1.29 is 9.21 Å². The molecule has 8 heteroatoms. The van der Waals surface area contributed by atoms with E-state index in [0.717, 1.165) is 18.5 Å². The number of aromatic nitrogens is 3. The third-order valence-corrected chi connectivity index (χ3v) is 5.36. The third kappa shape index (κ3) is 5.01. The first kappa shape index (κ1) is 19.7. The van der Waals surface area contributed by atoms with Crippen molar-refractivity contribution >= 4 is 33.6 Å². The van der Waals surface area contributed by atoms with Crippen molar-refractivity contribution in [1.29, 1.82) is 0 Å². The van der Waals surface area contributed by atoms with Crippen molar-refractivity contribution in [2.75, 3.05) is 5.75 Å². The van der Waals surface area contributed by atoms with E-state index in [2.05, 4.69) is 38.4 Å². The van der Waals surface area contributed by atoms with E-state index in [1.807, 2.05) is 54.0 Å². The molecule has 2 aromatic heterocycles. The zero-order valence-corrected chi connectivity index (χ0v) is 17.6. The van der Waals surface area contributed by atoms with Crippen LogP contribution < -0.4 is 5.32 Å². The van der Waals surface area contributed by atoms with Crippen LogP contribution >= 0.6 is 27.7 Å². The third-order valence-electron chi connectivity index (χ3n) is 3.97. The summed E-state index contributed by atoms with van der Waals surface area (Å²) in [6, 6.07) is 13.5. The Labute approximate surface area is 170 Å². The number of thioether (sulfide) groups is 1. The lowest BCUT2D eigenvalue weighted by molar-refractivity contribution is -0.119. The van der Waals surface area contributed by atoms with Crippen LogP contribution in [0.15, 0.2) is 56.7 Å². The van der Waals surface area contributed by atoms with Crippen molar-refractivity contribution in [1.82, 2.24) is 20.1 Å². The Balaban J connectivity index is 1.65. The van der Waals surface area contributed by atoms with Gasteiger partial charge in [0.1, 0.15) is 0 Å². The van der Waals surface area contributed by atoms with Gasteiger partial charge in [-0.3, -0.25) is 9.36 Å². The molecule has 0 bridgehead atoms. The Morgan fingerprint density at radius 3 is 2.70 bits per heavy atom. The van der Waals surface area contributed by atoms with Crippen molar-refractivity contribution in [2.45, 2.75) is 38.0 Å². The minimum Gasteiger partial charge on any atom is -0.446 e. The quantitative estimate of drug-likeness (QED) is 0.506. The summed E-state index contributed by atoms with van der Waals surface area (Å²) in [6.45, 7) is 4.82. The Bertz CT molecular complexity index is 894. The predicted octanol–water partition coefficient (Wildman–Crippen LogP) is 4.68. The van der Waals surface area contributed by atoms with Gasteiger partial charge in [0.25, 0.3) is 0 Å². The fourth-order valence-electron chi connectivity index (χ4n) is 2.68. The van der Waals surface area contributed by atoms with Gasteiger partial charge in [0.2, 0.25) is 11.7 Å². The highest BCUT2D eigenvalue weighted by Crippen LogP contribution is 2.27. The van der Waals surface area contributed by atoms with Crippen LogP contribution in [0.3, 0.4) is 0 Å². The number of halogens is 1. The number of hydrogen-bond acceptors (Lipinski definition) is 5. The second kappa shape index (κ2) is 9.23. The number of benzene rings is 1. The molecule has 0 aliphatic rings. The molecule has 27 heavy (non-hydrogen) atoms. The molecule has 1 N–H and O–H groups in total. The molecule has 3 rings (SSSR count). The Morgan fingerprint density at radius 1 is 1.26 bits per heavy atom. The fraction of sp³-hybridized carbons (Fsp3) is 0.316. The highest BCUT2D eigenvalue weighted by molar-refractivity contribution is 9.10. The molecule has 1 atom stereocenters. The van der Waals surface area contributed by atoms with Crippen LogP contribution in [0.25, 0.3) is 11.6 Å². The molecule has 0 aliphatic heterocycles. The van der Waals surface area contributed by atoms with Gasteiger partial charge in [0.05, 0.1) is 11.8 Å². The monoisotopic (exact) mass is 448 g/mol. The number of carbonyl (C=O) groups is 1. The van der Waals surface area contributed by atoms with Gasteiger partial charge in [-0.2, -0.15) is 0 Å². The van der Waals surface area contributed by atoms with Crippen molar-refractivity contribution in [3.8, 4) is 11.6 Å². The van der Waals surface area contributed by atoms with Gasteiger partial charge >= 0.3 is 0 Å². The molecule has 1 unspecified atom stereocenters. The van der Waals surface area contributed by atoms with Gasteiger partial charge in [-0.05, 0) is 47.0 Å². The lowest BCUT2D eigenvalue weighted by atomic mass is 10.1. The summed E-state index contributed by atoms with van der Waals surface area (Å²) in [5, 5.41) is 12.2. The molecule has 3 aromatic rings. The molecule has 142 valence electrons. The molecule has 0 aliphatic carbocycles. The van der Waals surface area contributed by atoms with Crippen LogP contribution in [-0.4, -0.2) is 26.4 Å². The maximum absolute atomic E-state index is 12.3. The van der Waals surface area contributed by atoms with Crippen molar-refractivity contribution in [3.05, 3.63) is 52.7 Å². The zero-order chi connectivity index (χ0) is 19.2. The normalized spacial score (nSPS) is 12.1. The van der Waals surface area contributed by atoms with E-state index in [-0.39, 0.29) is 17.7 Å². The van der Waals surface area contributed by atoms with Gasteiger partial charge in [0, 0.05) is 6.54 Å². The van der Waals surface area contributed by atoms with E-state index in [9.17, 15) is 4.79 Å². The van der Waals surface area contributed by atoms with E-state index in [4.69, 9.17) is 4.42 Å². The first-order valence-corrected chi connectivity index (χ1v) is 10.5. The number of nitrogens with one attached hydrogen (secondary N) is 1. The molecule has 0 radical (unpaired) electrons. The summed E-state index contributed by atoms with van der Waals surface area (Å²) in [7, 11) is 0. The van der Waals surface area contributed by atoms with Gasteiger partial charge in [0.15, 0.2) is 15.6 Å². The van der Waals surface area contributed by atoms with Gasteiger partial charge in [-0.25, -0.2) is 0 Å². The lowest BCUT2D eigenvalue weighted by Crippen LogP contribution is -2.28. The minimum absolute atomic E-state index is 0.0373. The SMILES string of the molecule is CCCn1c(SCC(=O)NC(C)c2ccccc2)nnc1-c1ccc(Br)o1. The zero-order valence-electron chi connectivity index (χ0n) is 15.2. The van der Waals surface area contributed by atoms with E-state index in [1.165, 1.54) is 11.8 Å². The molecular weight excluding hydrogens is 428 g/mol. The summed E-state index contributed by atoms with van der Waals surface area (Å²) < 4.78 is 8.24. The van der Waals surface area contributed by atoms with Crippen molar-refractivity contribution in [2.24, 2.45) is 0 Å². The summed E-state index contributed by atoms with van der Waals surface area (Å²) in [5.74, 6) is 1.56. The van der Waals surface area contributed by atoms with Crippen LogP contribution in [0.4, 0.5) is 0 Å². The molecule has 0 saturated heterocycles. The Hall–Kier alpha value is -2.06. The molecule has 1 aromatic carbocycles. The average molecular weight is 449 g/mol. The number of hydrogen-bond donors (Lipinski definition) is 1. The largest absolute Gasteiger partial charge is 0.446 e. The minimum atomic E-state index is -0.0381. The first-order valence-electron chi connectivity index (χ1n) is 8.74. The summed E-state index contributed by atoms with van der Waals surface area (Å²) in [5.41, 5.74) is 1.08. The van der Waals surface area contributed by atoms with Crippen LogP contribution in [0.1, 0.15) is 31.9 Å². The average Bonchev–Trinajstić information content (AvgIpc) is 3.27. The maximum atomic E-state index is 12.3. The first-order chi connectivity index (χ1) is 13.1. The topological polar surface area (TPSA) is 73.0 Å². The molecule has 2 heterocycles. The van der Waals surface area contributed by atoms with E-state index >= 15 is 0 Å². The van der Waals surface area contributed by atoms with Crippen molar-refractivity contribution in [3.63, 3.8) is 0 Å². The standard InChI is InChI=1S/C19H21BrN4O2S/c1-3-11-24-18(15-9-10-16(20)26-15)22-23-19(24)27-12-17(25)21-13(2)14-7-5-4-6-8-14/h4-10,13H,3,11-12H2,1-2H3,(H,21,25). The summed E-state index contributed by atoms with van der Waals surface area (Å²) in [6.07, 6.45) is 0.928. The fourth-order valence-corrected chi connectivity index (χ4v) is 3.76. The molecule has 0 fully saturated rings. The highest BCUT2D eigenvalue weighted by Gasteiger charge is 2.18. The Kier molecular flexibility index (Phi) is 6.73. The second-order valence-electron chi connectivity index (χ2n) is 6.05. The number of rotatable bonds is 8. The van der Waals surface area contributed by atoms with E-state index < -0.39 is 0 Å². The maximum Gasteiger partial charge on any atom is 0.230 e. The number of carbonyl (C=O) groups excluding carboxylic acids is 1. The van der Waals surface area contributed by atoms with Gasteiger partial charge in [-0.1, -0.05) is 49.0 Å². The lowest BCUT2D eigenvalue weighted by Gasteiger charge is -2.14. The molecule has 0 spiro atoms. The predicted molar refractivity (Wildman–Crippen MR) is 109 cm³/mol. The number of furan rings is 1. The van der Waals surface area contributed by atoms with Crippen LogP contribution in [0.2, 0.25) is 0 Å². The summed E-state index contributed by atoms with van der Waals surface area (Å²) >= 11 is 4.69. The van der Waals surface area contributed by atoms with Crippen LogP contribution in [0, 0.1) is 0 Å². The molecule has 6 nitrogen and oxygen atoms in total. The molecule has 1 amide bonds. The Morgan fingerprint density at radius 2 is 2.04 bits per heavy atom. The van der Waals surface area contributed by atoms with E-state index in [0.29, 0.717) is 21.4 Å². The number of nitrogens with zero attached hydrogens (tertiary/aromatic N) is 3. The molecular formula is C19H21BrN4O2S. The summed E-state index contributed by atoms with van der Waals surface area (Å²) in [4.78, 5) is 12.3. The van der Waals surface area contributed by atoms with E-state index in [1.54, 1.807) is 0 Å². The van der Waals surface area contributed by atoms with Gasteiger partial charge in [-0.15, -0.1) is 10.2 Å². The second-order valence-corrected chi connectivity index (χ2v) is 7.77. The molecule has 0 saturated carbocycles. The van der Waals surface area contributed by atoms with Gasteiger partial charge < -0.3 is 9.73 Å². The number of amides is 1. The smallest absolute Gasteiger partial charge is 0.230 e. The highest BCUT2D eigenvalue weighted by atomic mass is 79.9. The van der Waals surface area contributed by atoms with Crippen LogP contribution in [0.5, 0.6) is 0 Å².